The fraction of sp³-hybridized carbons (Fsp3) is 0.364. The van der Waals surface area contributed by atoms with E-state index >= 15 is 0 Å². The van der Waals surface area contributed by atoms with Gasteiger partial charge in [0.1, 0.15) is 0 Å². The Bertz CT molecular complexity index is 1090. The molecule has 1 aromatic carbocycles. The summed E-state index contributed by atoms with van der Waals surface area (Å²) in [6, 6.07) is 9.06. The van der Waals surface area contributed by atoms with E-state index in [2.05, 4.69) is 5.10 Å². The van der Waals surface area contributed by atoms with Gasteiger partial charge >= 0.3 is 0 Å². The molecule has 5 nitrogen and oxygen atoms in total. The number of piperidine rings is 1. The van der Waals surface area contributed by atoms with Crippen molar-refractivity contribution in [2.24, 2.45) is 0 Å². The second kappa shape index (κ2) is 9.82. The third kappa shape index (κ3) is 5.03. The highest BCUT2D eigenvalue weighted by Crippen LogP contribution is 2.39. The third-order valence-electron chi connectivity index (χ3n) is 5.29. The van der Waals surface area contributed by atoms with E-state index in [0.717, 1.165) is 42.1 Å². The summed E-state index contributed by atoms with van der Waals surface area (Å²) in [5.41, 5.74) is 2.39. The van der Waals surface area contributed by atoms with Gasteiger partial charge in [0.05, 0.1) is 38.6 Å². The maximum Gasteiger partial charge on any atom is 0.236 e. The van der Waals surface area contributed by atoms with Crippen LogP contribution in [-0.2, 0) is 4.79 Å². The van der Waals surface area contributed by atoms with Crippen LogP contribution in [0.2, 0.25) is 14.4 Å². The van der Waals surface area contributed by atoms with Crippen LogP contribution < -0.4 is 4.74 Å². The predicted octanol–water partition coefficient (Wildman–Crippen LogP) is 6.65. The first-order valence-corrected chi connectivity index (χ1v) is 12.1. The Hall–Kier alpha value is -1.73. The Morgan fingerprint density at radius 3 is 2.58 bits per heavy atom. The number of carbonyl (C=O) groups is 1. The fourth-order valence-corrected chi connectivity index (χ4v) is 5.33. The third-order valence-corrected chi connectivity index (χ3v) is 7.06. The molecule has 0 saturated carbocycles. The Kier molecular flexibility index (Phi) is 7.12. The molecule has 1 amide bonds. The first-order valence-electron chi connectivity index (χ1n) is 10.2. The number of rotatable bonds is 6. The highest BCUT2D eigenvalue weighted by atomic mass is 35.5. The molecule has 3 aromatic rings. The quantitative estimate of drug-likeness (QED) is 0.382. The number of carbonyl (C=O) groups excluding carboxylic acids is 1. The maximum atomic E-state index is 12.4. The summed E-state index contributed by atoms with van der Waals surface area (Å²) in [7, 11) is 0. The molecule has 1 fully saturated rings. The van der Waals surface area contributed by atoms with E-state index in [1.165, 1.54) is 17.8 Å². The van der Waals surface area contributed by atoms with Gasteiger partial charge in [-0.25, -0.2) is 4.68 Å². The lowest BCUT2D eigenvalue weighted by atomic mass is 10.1. The summed E-state index contributed by atoms with van der Waals surface area (Å²) in [6.45, 7) is 3.89. The first kappa shape index (κ1) is 22.5. The number of ether oxygens (including phenoxy) is 1. The number of thiophene rings is 1. The van der Waals surface area contributed by atoms with Crippen molar-refractivity contribution in [3.05, 3.63) is 50.3 Å². The van der Waals surface area contributed by atoms with Crippen molar-refractivity contribution < 1.29 is 9.53 Å². The van der Waals surface area contributed by atoms with Gasteiger partial charge in [0, 0.05) is 23.7 Å². The largest absolute Gasteiger partial charge is 0.476 e. The van der Waals surface area contributed by atoms with E-state index in [1.54, 1.807) is 16.8 Å². The van der Waals surface area contributed by atoms with Gasteiger partial charge in [-0.3, -0.25) is 4.79 Å². The van der Waals surface area contributed by atoms with E-state index in [-0.39, 0.29) is 12.5 Å². The summed E-state index contributed by atoms with van der Waals surface area (Å²) in [4.78, 5) is 15.3. The zero-order chi connectivity index (χ0) is 22.0. The van der Waals surface area contributed by atoms with Crippen LogP contribution in [0.3, 0.4) is 0 Å². The smallest absolute Gasteiger partial charge is 0.236 e. The Labute approximate surface area is 200 Å². The molecule has 1 saturated heterocycles. The normalized spacial score (nSPS) is 14.1. The van der Waals surface area contributed by atoms with Gasteiger partial charge < -0.3 is 9.64 Å². The SMILES string of the molecule is Cc1c(OCCC(=O)N2CCCCC2)nn(-c2ccc(Cl)cc2Cl)c1-c1ccc(Cl)s1. The van der Waals surface area contributed by atoms with E-state index in [4.69, 9.17) is 39.5 Å². The lowest BCUT2D eigenvalue weighted by Gasteiger charge is -2.26. The number of aromatic nitrogens is 2. The minimum Gasteiger partial charge on any atom is -0.476 e. The van der Waals surface area contributed by atoms with Gasteiger partial charge in [0.15, 0.2) is 0 Å². The standard InChI is InChI=1S/C22H22Cl3N3O2S/c1-14-21(18-7-8-19(25)31-18)28(17-6-5-15(23)13-16(17)24)26-22(14)30-12-9-20(29)27-10-3-2-4-11-27/h5-8,13H,2-4,9-12H2,1H3. The predicted molar refractivity (Wildman–Crippen MR) is 127 cm³/mol. The molecule has 164 valence electrons. The molecule has 4 rings (SSSR count). The zero-order valence-corrected chi connectivity index (χ0v) is 20.1. The van der Waals surface area contributed by atoms with Gasteiger partial charge in [-0.2, -0.15) is 0 Å². The minimum atomic E-state index is 0.128. The molecule has 31 heavy (non-hydrogen) atoms. The summed E-state index contributed by atoms with van der Waals surface area (Å²) in [5, 5.41) is 5.70. The van der Waals surface area contributed by atoms with Gasteiger partial charge in [-0.1, -0.05) is 34.8 Å². The molecule has 3 heterocycles. The molecule has 0 bridgehead atoms. The van der Waals surface area contributed by atoms with E-state index < -0.39 is 0 Å². The van der Waals surface area contributed by atoms with E-state index in [1.807, 2.05) is 30.0 Å². The van der Waals surface area contributed by atoms with Crippen LogP contribution in [0.4, 0.5) is 0 Å². The van der Waals surface area contributed by atoms with Crippen molar-refractivity contribution in [1.82, 2.24) is 14.7 Å². The number of hydrogen-bond acceptors (Lipinski definition) is 4. The topological polar surface area (TPSA) is 47.4 Å². The summed E-state index contributed by atoms with van der Waals surface area (Å²) in [5.74, 6) is 0.597. The Morgan fingerprint density at radius 1 is 1.13 bits per heavy atom. The molecular weight excluding hydrogens is 477 g/mol. The second-order valence-electron chi connectivity index (χ2n) is 7.43. The van der Waals surface area contributed by atoms with Crippen molar-refractivity contribution in [3.8, 4) is 22.1 Å². The average molecular weight is 499 g/mol. The van der Waals surface area contributed by atoms with Crippen molar-refractivity contribution in [2.45, 2.75) is 32.6 Å². The molecule has 1 aliphatic heterocycles. The molecule has 2 aromatic heterocycles. The van der Waals surface area contributed by atoms with Crippen LogP contribution in [0.15, 0.2) is 30.3 Å². The molecule has 0 spiro atoms. The lowest BCUT2D eigenvalue weighted by Crippen LogP contribution is -2.36. The van der Waals surface area contributed by atoms with Gasteiger partial charge in [-0.15, -0.1) is 16.4 Å². The molecule has 0 N–H and O–H groups in total. The molecule has 0 unspecified atom stereocenters. The molecule has 1 aliphatic rings. The zero-order valence-electron chi connectivity index (χ0n) is 17.0. The minimum absolute atomic E-state index is 0.128. The summed E-state index contributed by atoms with van der Waals surface area (Å²) >= 11 is 20.2. The van der Waals surface area contributed by atoms with Crippen LogP contribution in [0.25, 0.3) is 16.3 Å². The molecule has 0 atom stereocenters. The van der Waals surface area contributed by atoms with E-state index in [0.29, 0.717) is 32.4 Å². The van der Waals surface area contributed by atoms with Crippen LogP contribution in [0.1, 0.15) is 31.2 Å². The monoisotopic (exact) mass is 497 g/mol. The van der Waals surface area contributed by atoms with Crippen LogP contribution >= 0.6 is 46.1 Å². The number of halogens is 3. The molecule has 9 heteroatoms. The summed E-state index contributed by atoms with van der Waals surface area (Å²) in [6.07, 6.45) is 3.67. The number of amides is 1. The lowest BCUT2D eigenvalue weighted by molar-refractivity contribution is -0.132. The number of nitrogens with zero attached hydrogens (tertiary/aromatic N) is 3. The second-order valence-corrected chi connectivity index (χ2v) is 9.99. The molecular formula is C22H22Cl3N3O2S. The van der Waals surface area contributed by atoms with Crippen molar-refractivity contribution in [2.75, 3.05) is 19.7 Å². The fourth-order valence-electron chi connectivity index (χ4n) is 3.71. The van der Waals surface area contributed by atoms with E-state index in [9.17, 15) is 4.79 Å². The highest BCUT2D eigenvalue weighted by molar-refractivity contribution is 7.19. The van der Waals surface area contributed by atoms with Crippen LogP contribution in [0, 0.1) is 6.92 Å². The van der Waals surface area contributed by atoms with Crippen LogP contribution in [-0.4, -0.2) is 40.3 Å². The highest BCUT2D eigenvalue weighted by Gasteiger charge is 2.22. The van der Waals surface area contributed by atoms with Gasteiger partial charge in [-0.05, 0) is 56.5 Å². The van der Waals surface area contributed by atoms with Gasteiger partial charge in [0.2, 0.25) is 11.8 Å². The van der Waals surface area contributed by atoms with Crippen molar-refractivity contribution >= 4 is 52.0 Å². The Morgan fingerprint density at radius 2 is 1.90 bits per heavy atom. The molecule has 0 radical (unpaired) electrons. The average Bonchev–Trinajstić information content (AvgIpc) is 3.31. The Balaban J connectivity index is 1.60. The van der Waals surface area contributed by atoms with Crippen molar-refractivity contribution in [3.63, 3.8) is 0 Å². The van der Waals surface area contributed by atoms with Gasteiger partial charge in [0.25, 0.3) is 0 Å². The number of likely N-dealkylation sites (tertiary alicyclic amines) is 1. The number of benzene rings is 1. The summed E-state index contributed by atoms with van der Waals surface area (Å²) < 4.78 is 8.38. The van der Waals surface area contributed by atoms with Crippen molar-refractivity contribution in [1.29, 1.82) is 0 Å². The van der Waals surface area contributed by atoms with Crippen LogP contribution in [0.5, 0.6) is 5.88 Å². The number of hydrogen-bond donors (Lipinski definition) is 0. The molecule has 0 aliphatic carbocycles. The first-order chi connectivity index (χ1) is 14.9. The maximum absolute atomic E-state index is 12.4.